The lowest BCUT2D eigenvalue weighted by molar-refractivity contribution is -0.150. The quantitative estimate of drug-likeness (QED) is 0.495. The van der Waals surface area contributed by atoms with Crippen molar-refractivity contribution >= 4 is 32.9 Å². The van der Waals surface area contributed by atoms with E-state index in [9.17, 15) is 18.0 Å². The van der Waals surface area contributed by atoms with Crippen molar-refractivity contribution < 1.29 is 27.5 Å². The van der Waals surface area contributed by atoms with Crippen molar-refractivity contribution in [2.24, 2.45) is 0 Å². The molecule has 1 atom stereocenters. The molecule has 1 aromatic heterocycles. The maximum absolute atomic E-state index is 13.2. The number of nitrogens with zero attached hydrogens (tertiary/aromatic N) is 2. The molecule has 4 rings (SSSR count). The van der Waals surface area contributed by atoms with Crippen LogP contribution in [0.2, 0.25) is 0 Å². The van der Waals surface area contributed by atoms with Crippen LogP contribution >= 0.6 is 0 Å². The van der Waals surface area contributed by atoms with Gasteiger partial charge in [-0.25, -0.2) is 18.2 Å². The number of benzene rings is 2. The second-order valence-electron chi connectivity index (χ2n) is 8.12. The Morgan fingerprint density at radius 1 is 1.06 bits per heavy atom. The maximum atomic E-state index is 13.2. The number of hydrogen-bond donors (Lipinski definition) is 0. The molecule has 0 aliphatic carbocycles. The zero-order valence-electron chi connectivity index (χ0n) is 19.1. The zero-order valence-corrected chi connectivity index (χ0v) is 19.9. The van der Waals surface area contributed by atoms with Crippen LogP contribution in [0.5, 0.6) is 0 Å². The highest BCUT2D eigenvalue weighted by molar-refractivity contribution is 7.89. The smallest absolute Gasteiger partial charge is 0.340 e. The summed E-state index contributed by atoms with van der Waals surface area (Å²) < 4.78 is 38.1. The Morgan fingerprint density at radius 2 is 1.76 bits per heavy atom. The number of para-hydroxylation sites is 1. The number of hydrogen-bond acceptors (Lipinski definition) is 7. The van der Waals surface area contributed by atoms with Gasteiger partial charge in [-0.1, -0.05) is 36.4 Å². The molecule has 1 saturated heterocycles. The molecule has 0 bridgehead atoms. The van der Waals surface area contributed by atoms with Crippen LogP contribution in [-0.2, 0) is 30.9 Å². The lowest BCUT2D eigenvalue weighted by atomic mass is 10.0. The molecule has 1 aliphatic heterocycles. The van der Waals surface area contributed by atoms with Gasteiger partial charge in [-0.3, -0.25) is 4.79 Å². The summed E-state index contributed by atoms with van der Waals surface area (Å²) in [4.78, 5) is 30.2. The molecule has 8 nitrogen and oxygen atoms in total. The van der Waals surface area contributed by atoms with E-state index < -0.39 is 28.0 Å². The van der Waals surface area contributed by atoms with Gasteiger partial charge in [0.05, 0.1) is 28.8 Å². The van der Waals surface area contributed by atoms with Gasteiger partial charge in [0, 0.05) is 11.9 Å². The number of piperidine rings is 1. The van der Waals surface area contributed by atoms with Gasteiger partial charge in [0.15, 0.2) is 0 Å². The molecule has 0 radical (unpaired) electrons. The summed E-state index contributed by atoms with van der Waals surface area (Å²) in [6.07, 6.45) is 1.73. The average molecular weight is 483 g/mol. The van der Waals surface area contributed by atoms with Crippen LogP contribution in [0.15, 0.2) is 59.5 Å². The highest BCUT2D eigenvalue weighted by atomic mass is 32.2. The molecule has 178 valence electrons. The predicted molar refractivity (Wildman–Crippen MR) is 126 cm³/mol. The molecule has 1 unspecified atom stereocenters. The monoisotopic (exact) mass is 482 g/mol. The summed E-state index contributed by atoms with van der Waals surface area (Å²) in [5.41, 5.74) is 1.84. The van der Waals surface area contributed by atoms with E-state index in [1.54, 1.807) is 25.1 Å². The van der Waals surface area contributed by atoms with E-state index in [1.807, 2.05) is 24.3 Å². The lowest BCUT2D eigenvalue weighted by Crippen LogP contribution is -2.48. The van der Waals surface area contributed by atoms with Gasteiger partial charge >= 0.3 is 11.9 Å². The molecule has 1 fully saturated rings. The van der Waals surface area contributed by atoms with Crippen LogP contribution in [0, 0.1) is 6.92 Å². The molecule has 9 heteroatoms. The Hall–Kier alpha value is -3.30. The second-order valence-corrected chi connectivity index (χ2v) is 10.0. The molecule has 0 saturated carbocycles. The number of carbonyl (C=O) groups is 2. The molecule has 0 amide bonds. The van der Waals surface area contributed by atoms with Crippen LogP contribution < -0.4 is 0 Å². The fourth-order valence-corrected chi connectivity index (χ4v) is 5.98. The second kappa shape index (κ2) is 9.90. The molecule has 3 aromatic rings. The lowest BCUT2D eigenvalue weighted by Gasteiger charge is -2.33. The van der Waals surface area contributed by atoms with Gasteiger partial charge in [0.2, 0.25) is 10.0 Å². The molecule has 2 heterocycles. The first-order chi connectivity index (χ1) is 16.3. The van der Waals surface area contributed by atoms with Crippen molar-refractivity contribution in [2.75, 3.05) is 13.7 Å². The number of carbonyl (C=O) groups excluding carboxylic acids is 2. The van der Waals surface area contributed by atoms with Crippen LogP contribution in [0.25, 0.3) is 10.9 Å². The SMILES string of the molecule is COC(=O)c1c(COC(=O)C2CCCCN2S(=O)(=O)c2ccccc2)nc2ccccc2c1C. The summed E-state index contributed by atoms with van der Waals surface area (Å²) in [6.45, 7) is 1.75. The molecule has 34 heavy (non-hydrogen) atoms. The van der Waals surface area contributed by atoms with Gasteiger partial charge in [-0.15, -0.1) is 0 Å². The topological polar surface area (TPSA) is 103 Å². The van der Waals surface area contributed by atoms with E-state index in [0.717, 1.165) is 5.39 Å². The number of methoxy groups -OCH3 is 1. The summed E-state index contributed by atoms with van der Waals surface area (Å²) in [7, 11) is -2.58. The number of aromatic nitrogens is 1. The van der Waals surface area contributed by atoms with Gasteiger partial charge in [0.25, 0.3) is 0 Å². The average Bonchev–Trinajstić information content (AvgIpc) is 2.87. The molecule has 2 aromatic carbocycles. The number of fused-ring (bicyclic) bond motifs is 1. The van der Waals surface area contributed by atoms with E-state index in [1.165, 1.54) is 23.5 Å². The number of rotatable bonds is 6. The maximum Gasteiger partial charge on any atom is 0.340 e. The van der Waals surface area contributed by atoms with Gasteiger partial charge in [-0.05, 0) is 49.9 Å². The van der Waals surface area contributed by atoms with Crippen molar-refractivity contribution in [3.8, 4) is 0 Å². The minimum atomic E-state index is -3.86. The highest BCUT2D eigenvalue weighted by Crippen LogP contribution is 2.28. The third kappa shape index (κ3) is 4.53. The minimum Gasteiger partial charge on any atom is -0.465 e. The number of pyridine rings is 1. The van der Waals surface area contributed by atoms with Crippen molar-refractivity contribution in [3.05, 3.63) is 71.4 Å². The summed E-state index contributed by atoms with van der Waals surface area (Å²) in [6, 6.07) is 14.4. The fraction of sp³-hybridized carbons (Fsp3) is 0.320. The first-order valence-corrected chi connectivity index (χ1v) is 12.5. The van der Waals surface area contributed by atoms with Gasteiger partial charge in [0.1, 0.15) is 12.6 Å². The Labute approximate surface area is 198 Å². The van der Waals surface area contributed by atoms with E-state index in [0.29, 0.717) is 30.3 Å². The Morgan fingerprint density at radius 3 is 2.50 bits per heavy atom. The molecule has 1 aliphatic rings. The van der Waals surface area contributed by atoms with Crippen molar-refractivity contribution in [1.29, 1.82) is 0 Å². The molecule has 0 spiro atoms. The Bertz CT molecular complexity index is 1320. The number of aryl methyl sites for hydroxylation is 1. The molecular weight excluding hydrogens is 456 g/mol. The number of esters is 2. The number of sulfonamides is 1. The predicted octanol–water partition coefficient (Wildman–Crippen LogP) is 3.62. The summed E-state index contributed by atoms with van der Waals surface area (Å²) >= 11 is 0. The first kappa shape index (κ1) is 23.8. The third-order valence-corrected chi connectivity index (χ3v) is 7.97. The largest absolute Gasteiger partial charge is 0.465 e. The van der Waals surface area contributed by atoms with E-state index in [-0.39, 0.29) is 29.3 Å². The molecular formula is C25H26N2O6S. The van der Waals surface area contributed by atoms with Crippen molar-refractivity contribution in [1.82, 2.24) is 9.29 Å². The normalized spacial score (nSPS) is 16.8. The fourth-order valence-electron chi connectivity index (χ4n) is 4.31. The number of ether oxygens (including phenoxy) is 2. The Balaban J connectivity index is 1.61. The molecule has 0 N–H and O–H groups in total. The third-order valence-electron chi connectivity index (χ3n) is 6.04. The van der Waals surface area contributed by atoms with Gasteiger partial charge in [-0.2, -0.15) is 4.31 Å². The van der Waals surface area contributed by atoms with Crippen molar-refractivity contribution in [2.45, 2.75) is 43.7 Å². The van der Waals surface area contributed by atoms with Crippen LogP contribution in [0.4, 0.5) is 0 Å². The van der Waals surface area contributed by atoms with Crippen molar-refractivity contribution in [3.63, 3.8) is 0 Å². The van der Waals surface area contributed by atoms with Gasteiger partial charge < -0.3 is 9.47 Å². The van der Waals surface area contributed by atoms with Crippen LogP contribution in [0.1, 0.15) is 40.9 Å². The minimum absolute atomic E-state index is 0.134. The summed E-state index contributed by atoms with van der Waals surface area (Å²) in [5.74, 6) is -1.24. The zero-order chi connectivity index (χ0) is 24.3. The Kier molecular flexibility index (Phi) is 6.95. The van der Waals surface area contributed by atoms with E-state index in [2.05, 4.69) is 4.98 Å². The standard InChI is InChI=1S/C25H26N2O6S/c1-17-19-12-6-7-13-20(19)26-21(23(17)25(29)32-2)16-33-24(28)22-14-8-9-15-27(22)34(30,31)18-10-4-3-5-11-18/h3-7,10-13,22H,8-9,14-16H2,1-2H3. The first-order valence-electron chi connectivity index (χ1n) is 11.0. The van der Waals surface area contributed by atoms with Crippen LogP contribution in [-0.4, -0.2) is 49.3 Å². The van der Waals surface area contributed by atoms with Crippen LogP contribution in [0.3, 0.4) is 0 Å². The van der Waals surface area contributed by atoms with E-state index >= 15 is 0 Å². The summed E-state index contributed by atoms with van der Waals surface area (Å²) in [5, 5.41) is 0.797. The van der Waals surface area contributed by atoms with E-state index in [4.69, 9.17) is 9.47 Å². The highest BCUT2D eigenvalue weighted by Gasteiger charge is 2.38.